The van der Waals surface area contributed by atoms with Crippen molar-refractivity contribution < 1.29 is 19.4 Å². The second-order valence-electron chi connectivity index (χ2n) is 4.37. The van der Waals surface area contributed by atoms with E-state index in [1.807, 2.05) is 30.3 Å². The van der Waals surface area contributed by atoms with Crippen LogP contribution < -0.4 is 4.74 Å². The molecule has 0 spiro atoms. The molecule has 0 aromatic heterocycles. The summed E-state index contributed by atoms with van der Waals surface area (Å²) in [5.41, 5.74) is 1.20. The minimum absolute atomic E-state index is 0.0710. The Morgan fingerprint density at radius 2 is 1.85 bits per heavy atom. The highest BCUT2D eigenvalue weighted by molar-refractivity contribution is 6.15. The van der Waals surface area contributed by atoms with Crippen LogP contribution >= 0.6 is 0 Å². The van der Waals surface area contributed by atoms with E-state index in [2.05, 4.69) is 0 Å². The first-order valence-corrected chi connectivity index (χ1v) is 6.02. The molecule has 0 aliphatic carbocycles. The quantitative estimate of drug-likeness (QED) is 0.849. The van der Waals surface area contributed by atoms with Crippen LogP contribution in [-0.4, -0.2) is 16.9 Å². The monoisotopic (exact) mass is 266 g/mol. The average Bonchev–Trinajstić information content (AvgIpc) is 2.76. The molecule has 0 unspecified atom stereocenters. The van der Waals surface area contributed by atoms with Gasteiger partial charge in [0.25, 0.3) is 0 Å². The Labute approximate surface area is 114 Å². The Bertz CT molecular complexity index is 729. The van der Waals surface area contributed by atoms with Gasteiger partial charge in [0.15, 0.2) is 5.76 Å². The summed E-state index contributed by atoms with van der Waals surface area (Å²) in [7, 11) is 0. The van der Waals surface area contributed by atoms with Crippen LogP contribution in [0.5, 0.6) is 5.75 Å². The molecule has 3 rings (SSSR count). The van der Waals surface area contributed by atoms with E-state index in [1.165, 1.54) is 18.2 Å². The number of carboxylic acid groups (broad SMARTS) is 1. The third kappa shape index (κ3) is 2.07. The lowest BCUT2D eigenvalue weighted by Gasteiger charge is -1.98. The zero-order valence-corrected chi connectivity index (χ0v) is 10.4. The van der Waals surface area contributed by atoms with E-state index in [-0.39, 0.29) is 22.7 Å². The van der Waals surface area contributed by atoms with Gasteiger partial charge in [-0.05, 0) is 29.8 Å². The minimum Gasteiger partial charge on any atom is -0.478 e. The van der Waals surface area contributed by atoms with Gasteiger partial charge in [-0.15, -0.1) is 0 Å². The number of benzene rings is 2. The van der Waals surface area contributed by atoms with Gasteiger partial charge in [-0.3, -0.25) is 4.79 Å². The van der Waals surface area contributed by atoms with Gasteiger partial charge in [0.05, 0.1) is 11.1 Å². The normalized spacial score (nSPS) is 15.0. The van der Waals surface area contributed by atoms with Gasteiger partial charge >= 0.3 is 5.97 Å². The number of aromatic carboxylic acids is 1. The van der Waals surface area contributed by atoms with Crippen molar-refractivity contribution >= 4 is 17.8 Å². The first-order valence-electron chi connectivity index (χ1n) is 6.02. The first kappa shape index (κ1) is 12.2. The standard InChI is InChI=1S/C16H10O4/c17-15-12-9-11(16(18)19)6-7-13(12)20-14(15)8-10-4-2-1-3-5-10/h1-9H,(H,18,19). The van der Waals surface area contributed by atoms with E-state index >= 15 is 0 Å². The fraction of sp³-hybridized carbons (Fsp3) is 0. The van der Waals surface area contributed by atoms with Gasteiger partial charge in [-0.25, -0.2) is 4.79 Å². The lowest BCUT2D eigenvalue weighted by molar-refractivity contribution is 0.0697. The van der Waals surface area contributed by atoms with E-state index in [0.29, 0.717) is 5.75 Å². The topological polar surface area (TPSA) is 63.6 Å². The molecule has 4 nitrogen and oxygen atoms in total. The summed E-state index contributed by atoms with van der Waals surface area (Å²) in [6.07, 6.45) is 1.64. The molecule has 20 heavy (non-hydrogen) atoms. The summed E-state index contributed by atoms with van der Waals surface area (Å²) in [5.74, 6) is -0.774. The molecular formula is C16H10O4. The molecule has 1 heterocycles. The summed E-state index contributed by atoms with van der Waals surface area (Å²) in [6, 6.07) is 13.6. The maximum Gasteiger partial charge on any atom is 0.335 e. The molecule has 0 saturated heterocycles. The number of rotatable bonds is 2. The first-order chi connectivity index (χ1) is 9.65. The SMILES string of the molecule is O=C(O)c1ccc2c(c1)C(=O)C(=Cc1ccccc1)O2. The van der Waals surface area contributed by atoms with Crippen LogP contribution in [0.3, 0.4) is 0 Å². The Morgan fingerprint density at radius 1 is 1.10 bits per heavy atom. The summed E-state index contributed by atoms with van der Waals surface area (Å²) in [4.78, 5) is 23.1. The van der Waals surface area contributed by atoms with Crippen LogP contribution in [0.25, 0.3) is 6.08 Å². The molecule has 2 aromatic rings. The number of hydrogen-bond donors (Lipinski definition) is 1. The third-order valence-corrected chi connectivity index (χ3v) is 3.01. The zero-order chi connectivity index (χ0) is 14.1. The van der Waals surface area contributed by atoms with E-state index in [0.717, 1.165) is 5.56 Å². The Balaban J connectivity index is 1.99. The molecule has 0 radical (unpaired) electrons. The highest BCUT2D eigenvalue weighted by Gasteiger charge is 2.28. The van der Waals surface area contributed by atoms with Crippen LogP contribution in [0.2, 0.25) is 0 Å². The largest absolute Gasteiger partial charge is 0.478 e. The molecule has 1 N–H and O–H groups in total. The summed E-state index contributed by atoms with van der Waals surface area (Å²) in [5, 5.41) is 8.94. The minimum atomic E-state index is -1.07. The maximum atomic E-state index is 12.2. The predicted molar refractivity (Wildman–Crippen MR) is 72.8 cm³/mol. The maximum absolute atomic E-state index is 12.2. The Hall–Kier alpha value is -2.88. The lowest BCUT2D eigenvalue weighted by atomic mass is 10.1. The van der Waals surface area contributed by atoms with Crippen LogP contribution in [-0.2, 0) is 0 Å². The third-order valence-electron chi connectivity index (χ3n) is 3.01. The lowest BCUT2D eigenvalue weighted by Crippen LogP contribution is -2.00. The smallest absolute Gasteiger partial charge is 0.335 e. The molecule has 1 aliphatic heterocycles. The number of allylic oxidation sites excluding steroid dienone is 1. The van der Waals surface area contributed by atoms with Crippen molar-refractivity contribution in [1.29, 1.82) is 0 Å². The van der Waals surface area contributed by atoms with Gasteiger partial charge in [-0.1, -0.05) is 30.3 Å². The van der Waals surface area contributed by atoms with Gasteiger partial charge in [-0.2, -0.15) is 0 Å². The Kier molecular flexibility index (Phi) is 2.84. The molecule has 98 valence electrons. The van der Waals surface area contributed by atoms with Crippen LogP contribution in [0.1, 0.15) is 26.3 Å². The van der Waals surface area contributed by atoms with Crippen molar-refractivity contribution in [2.75, 3.05) is 0 Å². The van der Waals surface area contributed by atoms with E-state index in [4.69, 9.17) is 9.84 Å². The van der Waals surface area contributed by atoms with Gasteiger partial charge in [0.1, 0.15) is 5.75 Å². The highest BCUT2D eigenvalue weighted by atomic mass is 16.5. The molecule has 0 atom stereocenters. The number of hydrogen-bond acceptors (Lipinski definition) is 3. The summed E-state index contributed by atoms with van der Waals surface area (Å²) in [6.45, 7) is 0. The average molecular weight is 266 g/mol. The van der Waals surface area contributed by atoms with E-state index in [9.17, 15) is 9.59 Å². The fourth-order valence-electron chi connectivity index (χ4n) is 2.02. The predicted octanol–water partition coefficient (Wildman–Crippen LogP) is 3.00. The van der Waals surface area contributed by atoms with Crippen molar-refractivity contribution in [1.82, 2.24) is 0 Å². The fourth-order valence-corrected chi connectivity index (χ4v) is 2.02. The second-order valence-corrected chi connectivity index (χ2v) is 4.37. The van der Waals surface area contributed by atoms with Crippen LogP contribution in [0.4, 0.5) is 0 Å². The van der Waals surface area contributed by atoms with Crippen molar-refractivity contribution in [2.24, 2.45) is 0 Å². The van der Waals surface area contributed by atoms with Gasteiger partial charge in [0, 0.05) is 0 Å². The molecule has 0 bridgehead atoms. The Morgan fingerprint density at radius 3 is 2.55 bits per heavy atom. The van der Waals surface area contributed by atoms with Crippen molar-refractivity contribution in [3.8, 4) is 5.75 Å². The van der Waals surface area contributed by atoms with E-state index < -0.39 is 5.97 Å². The molecule has 0 fully saturated rings. The number of ketones is 1. The molecule has 1 aliphatic rings. The molecule has 4 heteroatoms. The number of carbonyl (C=O) groups excluding carboxylic acids is 1. The number of carboxylic acids is 1. The van der Waals surface area contributed by atoms with Crippen molar-refractivity contribution in [3.63, 3.8) is 0 Å². The highest BCUT2D eigenvalue weighted by Crippen LogP contribution is 2.32. The van der Waals surface area contributed by atoms with Crippen LogP contribution in [0.15, 0.2) is 54.3 Å². The molecule has 0 amide bonds. The number of carbonyl (C=O) groups is 2. The summed E-state index contributed by atoms with van der Waals surface area (Å²) < 4.78 is 5.48. The molecule has 2 aromatic carbocycles. The van der Waals surface area contributed by atoms with Crippen molar-refractivity contribution in [3.05, 3.63) is 71.0 Å². The molecular weight excluding hydrogens is 256 g/mol. The zero-order valence-electron chi connectivity index (χ0n) is 10.4. The van der Waals surface area contributed by atoms with E-state index in [1.54, 1.807) is 6.08 Å². The molecule has 0 saturated carbocycles. The van der Waals surface area contributed by atoms with Gasteiger partial charge < -0.3 is 9.84 Å². The summed E-state index contributed by atoms with van der Waals surface area (Å²) >= 11 is 0. The number of Topliss-reactive ketones (excluding diaryl/α,β-unsaturated/α-hetero) is 1. The second kappa shape index (κ2) is 4.66. The van der Waals surface area contributed by atoms with Gasteiger partial charge in [0.2, 0.25) is 5.78 Å². The van der Waals surface area contributed by atoms with Crippen molar-refractivity contribution in [2.45, 2.75) is 0 Å². The number of ether oxygens (including phenoxy) is 1. The number of fused-ring (bicyclic) bond motifs is 1. The van der Waals surface area contributed by atoms with Crippen LogP contribution in [0, 0.1) is 0 Å².